The van der Waals surface area contributed by atoms with Gasteiger partial charge in [-0.1, -0.05) is 6.07 Å². The average molecular weight is 260 g/mol. The SMILES string of the molecule is Cc1cccnc1CNC(=O)c1ccc(F)cc1O. The van der Waals surface area contributed by atoms with Crippen molar-refractivity contribution in [3.8, 4) is 5.75 Å². The Morgan fingerprint density at radius 1 is 1.42 bits per heavy atom. The largest absolute Gasteiger partial charge is 0.507 e. The predicted octanol–water partition coefficient (Wildman–Crippen LogP) is 2.16. The van der Waals surface area contributed by atoms with E-state index in [4.69, 9.17) is 0 Å². The Balaban J connectivity index is 2.08. The molecule has 2 rings (SSSR count). The monoisotopic (exact) mass is 260 g/mol. The summed E-state index contributed by atoms with van der Waals surface area (Å²) < 4.78 is 12.8. The molecule has 0 unspecified atom stereocenters. The Hall–Kier alpha value is -2.43. The van der Waals surface area contributed by atoms with Crippen molar-refractivity contribution in [1.29, 1.82) is 0 Å². The zero-order valence-corrected chi connectivity index (χ0v) is 10.4. The molecule has 0 fully saturated rings. The second-order valence-electron chi connectivity index (χ2n) is 4.11. The lowest BCUT2D eigenvalue weighted by atomic mass is 10.1. The zero-order valence-electron chi connectivity index (χ0n) is 10.4. The maximum atomic E-state index is 12.8. The van der Waals surface area contributed by atoms with E-state index < -0.39 is 11.7 Å². The summed E-state index contributed by atoms with van der Waals surface area (Å²) in [5.41, 5.74) is 1.75. The molecule has 0 saturated carbocycles. The second kappa shape index (κ2) is 5.48. The van der Waals surface area contributed by atoms with E-state index in [1.165, 1.54) is 6.07 Å². The van der Waals surface area contributed by atoms with Gasteiger partial charge in [0.15, 0.2) is 0 Å². The summed E-state index contributed by atoms with van der Waals surface area (Å²) in [6.45, 7) is 2.15. The summed E-state index contributed by atoms with van der Waals surface area (Å²) in [5.74, 6) is -1.44. The smallest absolute Gasteiger partial charge is 0.255 e. The lowest BCUT2D eigenvalue weighted by molar-refractivity contribution is 0.0947. The molecule has 1 aromatic carbocycles. The first kappa shape index (κ1) is 13.0. The molecule has 2 aromatic rings. The van der Waals surface area contributed by atoms with E-state index in [2.05, 4.69) is 10.3 Å². The van der Waals surface area contributed by atoms with Gasteiger partial charge in [-0.15, -0.1) is 0 Å². The quantitative estimate of drug-likeness (QED) is 0.889. The Morgan fingerprint density at radius 3 is 2.89 bits per heavy atom. The zero-order chi connectivity index (χ0) is 13.8. The maximum Gasteiger partial charge on any atom is 0.255 e. The van der Waals surface area contributed by atoms with Crippen LogP contribution in [0.15, 0.2) is 36.5 Å². The lowest BCUT2D eigenvalue weighted by Gasteiger charge is -2.08. The number of hydrogen-bond donors (Lipinski definition) is 2. The van der Waals surface area contributed by atoms with Crippen LogP contribution < -0.4 is 5.32 Å². The number of nitrogens with one attached hydrogen (secondary N) is 1. The van der Waals surface area contributed by atoms with Gasteiger partial charge in [0.1, 0.15) is 11.6 Å². The summed E-state index contributed by atoms with van der Waals surface area (Å²) >= 11 is 0. The van der Waals surface area contributed by atoms with E-state index in [0.717, 1.165) is 23.4 Å². The van der Waals surface area contributed by atoms with Crippen LogP contribution in [0.2, 0.25) is 0 Å². The molecule has 0 aliphatic rings. The van der Waals surface area contributed by atoms with Crippen LogP contribution in [0.4, 0.5) is 4.39 Å². The predicted molar refractivity (Wildman–Crippen MR) is 68.2 cm³/mol. The lowest BCUT2D eigenvalue weighted by Crippen LogP contribution is -2.23. The van der Waals surface area contributed by atoms with Gasteiger partial charge < -0.3 is 10.4 Å². The van der Waals surface area contributed by atoms with Crippen LogP contribution in [0, 0.1) is 12.7 Å². The summed E-state index contributed by atoms with van der Waals surface area (Å²) in [5, 5.41) is 12.1. The molecule has 0 atom stereocenters. The van der Waals surface area contributed by atoms with Gasteiger partial charge in [-0.3, -0.25) is 9.78 Å². The number of amides is 1. The van der Waals surface area contributed by atoms with Crippen molar-refractivity contribution in [2.45, 2.75) is 13.5 Å². The molecule has 1 amide bonds. The summed E-state index contributed by atoms with van der Waals surface area (Å²) in [6.07, 6.45) is 1.64. The highest BCUT2D eigenvalue weighted by atomic mass is 19.1. The van der Waals surface area contributed by atoms with Crippen molar-refractivity contribution in [3.63, 3.8) is 0 Å². The van der Waals surface area contributed by atoms with Crippen LogP contribution in [0.1, 0.15) is 21.6 Å². The van der Waals surface area contributed by atoms with Gasteiger partial charge in [0.25, 0.3) is 5.91 Å². The second-order valence-corrected chi connectivity index (χ2v) is 4.11. The van der Waals surface area contributed by atoms with E-state index in [1.54, 1.807) is 6.20 Å². The van der Waals surface area contributed by atoms with Gasteiger partial charge >= 0.3 is 0 Å². The number of pyridine rings is 1. The third kappa shape index (κ3) is 3.07. The Labute approximate surface area is 109 Å². The number of phenols is 1. The van der Waals surface area contributed by atoms with Gasteiger partial charge in [-0.2, -0.15) is 0 Å². The van der Waals surface area contributed by atoms with Crippen molar-refractivity contribution in [2.75, 3.05) is 0 Å². The fraction of sp³-hybridized carbons (Fsp3) is 0.143. The summed E-state index contributed by atoms with van der Waals surface area (Å²) in [7, 11) is 0. The molecule has 0 aliphatic heterocycles. The minimum atomic E-state index is -0.588. The van der Waals surface area contributed by atoms with Crippen LogP contribution in [0.25, 0.3) is 0 Å². The first-order valence-electron chi connectivity index (χ1n) is 5.75. The molecule has 1 aromatic heterocycles. The van der Waals surface area contributed by atoms with Crippen LogP contribution in [0.5, 0.6) is 5.75 Å². The molecule has 0 aliphatic carbocycles. The van der Waals surface area contributed by atoms with Crippen LogP contribution >= 0.6 is 0 Å². The first-order chi connectivity index (χ1) is 9.08. The van der Waals surface area contributed by atoms with Crippen LogP contribution in [-0.4, -0.2) is 16.0 Å². The van der Waals surface area contributed by atoms with Gasteiger partial charge in [-0.05, 0) is 30.7 Å². The number of nitrogens with zero attached hydrogens (tertiary/aromatic N) is 1. The highest BCUT2D eigenvalue weighted by molar-refractivity contribution is 5.96. The van der Waals surface area contributed by atoms with Crippen molar-refractivity contribution in [3.05, 3.63) is 59.2 Å². The average Bonchev–Trinajstić information content (AvgIpc) is 2.37. The fourth-order valence-electron chi connectivity index (χ4n) is 1.66. The highest BCUT2D eigenvalue weighted by Gasteiger charge is 2.12. The third-order valence-electron chi connectivity index (χ3n) is 2.74. The van der Waals surface area contributed by atoms with Gasteiger partial charge in [0.2, 0.25) is 0 Å². The van der Waals surface area contributed by atoms with Crippen LogP contribution in [0.3, 0.4) is 0 Å². The molecule has 4 nitrogen and oxygen atoms in total. The molecule has 0 radical (unpaired) electrons. The topological polar surface area (TPSA) is 62.2 Å². The Morgan fingerprint density at radius 2 is 2.21 bits per heavy atom. The molecular formula is C14H13FN2O2. The van der Waals surface area contributed by atoms with Crippen molar-refractivity contribution >= 4 is 5.91 Å². The van der Waals surface area contributed by atoms with E-state index in [1.807, 2.05) is 19.1 Å². The number of benzene rings is 1. The molecule has 0 bridgehead atoms. The number of aromatic nitrogens is 1. The van der Waals surface area contributed by atoms with E-state index in [-0.39, 0.29) is 17.9 Å². The van der Waals surface area contributed by atoms with Crippen molar-refractivity contribution in [2.24, 2.45) is 0 Å². The molecule has 1 heterocycles. The summed E-state index contributed by atoms with van der Waals surface area (Å²) in [6, 6.07) is 6.98. The maximum absolute atomic E-state index is 12.8. The molecule has 5 heteroatoms. The summed E-state index contributed by atoms with van der Waals surface area (Å²) in [4.78, 5) is 16.0. The molecule has 2 N–H and O–H groups in total. The van der Waals surface area contributed by atoms with Crippen molar-refractivity contribution in [1.82, 2.24) is 10.3 Å². The van der Waals surface area contributed by atoms with E-state index in [0.29, 0.717) is 0 Å². The number of halogens is 1. The number of hydrogen-bond acceptors (Lipinski definition) is 3. The number of aromatic hydroxyl groups is 1. The molecular weight excluding hydrogens is 247 g/mol. The van der Waals surface area contributed by atoms with E-state index in [9.17, 15) is 14.3 Å². The molecule has 19 heavy (non-hydrogen) atoms. The third-order valence-corrected chi connectivity index (χ3v) is 2.74. The van der Waals surface area contributed by atoms with Gasteiger partial charge in [-0.25, -0.2) is 4.39 Å². The molecule has 0 spiro atoms. The van der Waals surface area contributed by atoms with Crippen molar-refractivity contribution < 1.29 is 14.3 Å². The number of rotatable bonds is 3. The minimum Gasteiger partial charge on any atom is -0.507 e. The van der Waals surface area contributed by atoms with Crippen LogP contribution in [-0.2, 0) is 6.54 Å². The number of aryl methyl sites for hydroxylation is 1. The molecule has 98 valence electrons. The molecule has 0 saturated heterocycles. The standard InChI is InChI=1S/C14H13FN2O2/c1-9-3-2-6-16-12(9)8-17-14(19)11-5-4-10(15)7-13(11)18/h2-7,18H,8H2,1H3,(H,17,19). The normalized spacial score (nSPS) is 10.2. The Bertz CT molecular complexity index is 614. The number of phenolic OH excluding ortho intramolecular Hbond substituents is 1. The Kier molecular flexibility index (Phi) is 3.75. The number of carbonyl (C=O) groups excluding carboxylic acids is 1. The number of carbonyl (C=O) groups is 1. The first-order valence-corrected chi connectivity index (χ1v) is 5.75. The van der Waals surface area contributed by atoms with E-state index >= 15 is 0 Å². The highest BCUT2D eigenvalue weighted by Crippen LogP contribution is 2.17. The fourth-order valence-corrected chi connectivity index (χ4v) is 1.66. The van der Waals surface area contributed by atoms with Gasteiger partial charge in [0.05, 0.1) is 17.8 Å². The minimum absolute atomic E-state index is 0.0370. The van der Waals surface area contributed by atoms with Gasteiger partial charge in [0, 0.05) is 12.3 Å².